The van der Waals surface area contributed by atoms with Crippen molar-refractivity contribution in [3.63, 3.8) is 0 Å². The Bertz CT molecular complexity index is 989. The number of nitrogens with zero attached hydrogens (tertiary/aromatic N) is 1. The minimum absolute atomic E-state index is 0.392. The molecule has 0 heterocycles. The molecule has 0 aliphatic heterocycles. The summed E-state index contributed by atoms with van der Waals surface area (Å²) in [5.41, 5.74) is 11.0. The summed E-state index contributed by atoms with van der Waals surface area (Å²) in [5, 5.41) is 3.73. The maximum Gasteiger partial charge on any atom is 0.183 e. The second-order valence-electron chi connectivity index (χ2n) is 11.3. The van der Waals surface area contributed by atoms with Crippen LogP contribution in [0.25, 0.3) is 0 Å². The van der Waals surface area contributed by atoms with E-state index in [0.717, 1.165) is 11.5 Å². The Kier molecular flexibility index (Phi) is 9.15. The molecule has 3 heteroatoms. The van der Waals surface area contributed by atoms with Crippen LogP contribution in [0, 0.1) is 11.5 Å². The zero-order valence-corrected chi connectivity index (χ0v) is 23.7. The van der Waals surface area contributed by atoms with Crippen molar-refractivity contribution >= 4 is 25.3 Å². The fraction of sp³-hybridized carbons (Fsp3) is 0.500. The van der Waals surface area contributed by atoms with Gasteiger partial charge in [-0.05, 0) is 51.8 Å². The van der Waals surface area contributed by atoms with Gasteiger partial charge in [-0.3, -0.25) is 0 Å². The average Bonchev–Trinajstić information content (AvgIpc) is 2.70. The van der Waals surface area contributed by atoms with Gasteiger partial charge in [0.1, 0.15) is 8.07 Å². The van der Waals surface area contributed by atoms with E-state index in [2.05, 4.69) is 128 Å². The predicted molar refractivity (Wildman–Crippen MR) is 151 cm³/mol. The Balaban J connectivity index is 2.80. The normalized spacial score (nSPS) is 12.5. The van der Waals surface area contributed by atoms with E-state index in [4.69, 9.17) is 4.99 Å². The first-order valence-corrected chi connectivity index (χ1v) is 16.0. The Morgan fingerprint density at radius 2 is 1.09 bits per heavy atom. The van der Waals surface area contributed by atoms with Crippen LogP contribution in [-0.2, 0) is 0 Å². The van der Waals surface area contributed by atoms with Gasteiger partial charge in [-0.2, -0.15) is 0 Å². The van der Waals surface area contributed by atoms with Crippen molar-refractivity contribution in [1.82, 2.24) is 0 Å². The molecule has 0 amide bonds. The van der Waals surface area contributed by atoms with Crippen LogP contribution in [-0.4, -0.2) is 13.9 Å². The Morgan fingerprint density at radius 1 is 0.697 bits per heavy atom. The van der Waals surface area contributed by atoms with Gasteiger partial charge in [-0.25, -0.2) is 4.99 Å². The third kappa shape index (κ3) is 7.34. The predicted octanol–water partition coefficient (Wildman–Crippen LogP) is 9.20. The van der Waals surface area contributed by atoms with E-state index in [9.17, 15) is 0 Å². The van der Waals surface area contributed by atoms with E-state index in [1.807, 2.05) is 0 Å². The summed E-state index contributed by atoms with van der Waals surface area (Å²) in [4.78, 5) is 5.25. The molecule has 0 saturated heterocycles. The zero-order chi connectivity index (χ0) is 24.9. The monoisotopic (exact) mass is 460 g/mol. The van der Waals surface area contributed by atoms with E-state index >= 15 is 0 Å². The quantitative estimate of drug-likeness (QED) is 0.197. The van der Waals surface area contributed by atoms with Crippen molar-refractivity contribution in [2.75, 3.05) is 5.32 Å². The lowest BCUT2D eigenvalue weighted by molar-refractivity contribution is 0.834. The summed E-state index contributed by atoms with van der Waals surface area (Å²) >= 11 is 0. The van der Waals surface area contributed by atoms with E-state index in [1.165, 1.54) is 27.9 Å². The Labute approximate surface area is 204 Å². The minimum Gasteiger partial charge on any atom is -0.333 e. The molecule has 2 aromatic rings. The molecule has 0 atom stereocenters. The summed E-state index contributed by atoms with van der Waals surface area (Å²) in [6, 6.07) is 13.2. The number of aliphatic imine (C=N–C) groups is 1. The molecule has 0 saturated carbocycles. The smallest absolute Gasteiger partial charge is 0.183 e. The molecule has 2 nitrogen and oxygen atoms in total. The Hall–Kier alpha value is -2.31. The second-order valence-corrected chi connectivity index (χ2v) is 16.1. The summed E-state index contributed by atoms with van der Waals surface area (Å²) < 4.78 is 0. The number of para-hydroxylation sites is 2. The molecule has 33 heavy (non-hydrogen) atoms. The fourth-order valence-corrected chi connectivity index (χ4v) is 4.39. The van der Waals surface area contributed by atoms with Gasteiger partial charge in [0.15, 0.2) is 5.84 Å². The standard InChI is InChI=1S/C30H44N2Si/c1-20(2)24-14-12-15-25(21(3)4)29(24)31-28(18-19-33(9,10)11)32-30-26(22(5)6)16-13-17-27(30)23(7)8/h12-17,20-23H,1-11H3,(H,31,32). The van der Waals surface area contributed by atoms with Crippen LogP contribution >= 0.6 is 0 Å². The van der Waals surface area contributed by atoms with Gasteiger partial charge in [0.05, 0.1) is 5.69 Å². The summed E-state index contributed by atoms with van der Waals surface area (Å²) in [6.07, 6.45) is 0. The number of rotatable bonds is 6. The molecule has 0 aliphatic carbocycles. The summed E-state index contributed by atoms with van der Waals surface area (Å²) in [6.45, 7) is 24.8. The van der Waals surface area contributed by atoms with Crippen molar-refractivity contribution in [3.8, 4) is 11.5 Å². The average molecular weight is 461 g/mol. The maximum atomic E-state index is 5.25. The van der Waals surface area contributed by atoms with E-state index in [-0.39, 0.29) is 0 Å². The molecular formula is C30H44N2Si. The van der Waals surface area contributed by atoms with Gasteiger partial charge in [-0.15, -0.1) is 5.54 Å². The lowest BCUT2D eigenvalue weighted by atomic mass is 9.92. The van der Waals surface area contributed by atoms with Crippen LogP contribution in [0.4, 0.5) is 11.4 Å². The molecule has 0 spiro atoms. The molecule has 178 valence electrons. The highest BCUT2D eigenvalue weighted by molar-refractivity contribution is 6.84. The summed E-state index contributed by atoms with van der Waals surface area (Å²) in [7, 11) is -1.58. The van der Waals surface area contributed by atoms with Crippen LogP contribution in [0.2, 0.25) is 19.6 Å². The SMILES string of the molecule is CC(C)c1cccc(C(C)C)c1N=C(C#C[Si](C)(C)C)Nc1c(C(C)C)cccc1C(C)C. The third-order valence-corrected chi connectivity index (χ3v) is 6.61. The van der Waals surface area contributed by atoms with Gasteiger partial charge in [-0.1, -0.05) is 111 Å². The minimum atomic E-state index is -1.58. The van der Waals surface area contributed by atoms with Crippen molar-refractivity contribution < 1.29 is 0 Å². The number of anilines is 1. The molecule has 0 aromatic heterocycles. The van der Waals surface area contributed by atoms with Crippen molar-refractivity contribution in [1.29, 1.82) is 0 Å². The number of hydrogen-bond acceptors (Lipinski definition) is 1. The molecule has 0 bridgehead atoms. The van der Waals surface area contributed by atoms with Gasteiger partial charge >= 0.3 is 0 Å². The van der Waals surface area contributed by atoms with E-state index in [0.29, 0.717) is 23.7 Å². The van der Waals surface area contributed by atoms with Crippen molar-refractivity contribution in [2.24, 2.45) is 4.99 Å². The number of benzene rings is 2. The molecule has 2 rings (SSSR count). The molecule has 0 radical (unpaired) electrons. The number of nitrogens with one attached hydrogen (secondary N) is 1. The molecule has 1 N–H and O–H groups in total. The second kappa shape index (κ2) is 11.2. The third-order valence-electron chi connectivity index (χ3n) is 5.74. The van der Waals surface area contributed by atoms with E-state index in [1.54, 1.807) is 0 Å². The number of amidine groups is 1. The Morgan fingerprint density at radius 3 is 1.45 bits per heavy atom. The lowest BCUT2D eigenvalue weighted by Gasteiger charge is -2.21. The maximum absolute atomic E-state index is 5.25. The van der Waals surface area contributed by atoms with Crippen LogP contribution in [0.3, 0.4) is 0 Å². The van der Waals surface area contributed by atoms with Crippen molar-refractivity contribution in [3.05, 3.63) is 58.7 Å². The first kappa shape index (κ1) is 26.9. The summed E-state index contributed by atoms with van der Waals surface area (Å²) in [5.74, 6) is 5.82. The van der Waals surface area contributed by atoms with Crippen LogP contribution in [0.1, 0.15) is 101 Å². The molecular weight excluding hydrogens is 416 g/mol. The van der Waals surface area contributed by atoms with Crippen LogP contribution in [0.15, 0.2) is 41.4 Å². The van der Waals surface area contributed by atoms with Gasteiger partial charge < -0.3 is 5.32 Å². The van der Waals surface area contributed by atoms with Crippen LogP contribution in [0.5, 0.6) is 0 Å². The molecule has 0 fully saturated rings. The largest absolute Gasteiger partial charge is 0.333 e. The first-order valence-electron chi connectivity index (χ1n) is 12.5. The van der Waals surface area contributed by atoms with Gasteiger partial charge in [0.2, 0.25) is 0 Å². The van der Waals surface area contributed by atoms with E-state index < -0.39 is 8.07 Å². The van der Waals surface area contributed by atoms with Gasteiger partial charge in [0, 0.05) is 5.69 Å². The fourth-order valence-electron chi connectivity index (χ4n) is 3.90. The highest BCUT2D eigenvalue weighted by Gasteiger charge is 2.18. The highest BCUT2D eigenvalue weighted by Crippen LogP contribution is 2.36. The van der Waals surface area contributed by atoms with Gasteiger partial charge in [0.25, 0.3) is 0 Å². The molecule has 2 aromatic carbocycles. The number of hydrogen-bond donors (Lipinski definition) is 1. The first-order chi connectivity index (χ1) is 15.3. The molecule has 0 unspecified atom stereocenters. The zero-order valence-electron chi connectivity index (χ0n) is 22.7. The van der Waals surface area contributed by atoms with Crippen LogP contribution < -0.4 is 5.32 Å². The topological polar surface area (TPSA) is 24.4 Å². The van der Waals surface area contributed by atoms with Crippen molar-refractivity contribution in [2.45, 2.75) is 98.7 Å². The molecule has 0 aliphatic rings. The lowest BCUT2D eigenvalue weighted by Crippen LogP contribution is -2.20. The highest BCUT2D eigenvalue weighted by atomic mass is 28.3.